The number of aryl methyl sites for hydroxylation is 2. The van der Waals surface area contributed by atoms with E-state index in [1.54, 1.807) is 7.11 Å². The van der Waals surface area contributed by atoms with Crippen molar-refractivity contribution in [2.24, 2.45) is 0 Å². The maximum absolute atomic E-state index is 5.43. The summed E-state index contributed by atoms with van der Waals surface area (Å²) in [7, 11) is 1.71. The summed E-state index contributed by atoms with van der Waals surface area (Å²) in [5, 5.41) is 3.51. The number of benzene rings is 1. The summed E-state index contributed by atoms with van der Waals surface area (Å²) in [5.74, 6) is 0.922. The van der Waals surface area contributed by atoms with Gasteiger partial charge in [0.2, 0.25) is 0 Å². The zero-order valence-corrected chi connectivity index (χ0v) is 12.6. The molecule has 0 spiro atoms. The third-order valence-electron chi connectivity index (χ3n) is 3.44. The number of aromatic nitrogens is 1. The molecule has 106 valence electrons. The van der Waals surface area contributed by atoms with E-state index in [2.05, 4.69) is 48.4 Å². The minimum atomic E-state index is 0.141. The first-order valence-electron chi connectivity index (χ1n) is 6.96. The van der Waals surface area contributed by atoms with Gasteiger partial charge < -0.3 is 10.1 Å². The van der Waals surface area contributed by atoms with Gasteiger partial charge in [-0.3, -0.25) is 4.98 Å². The molecule has 0 aliphatic heterocycles. The van der Waals surface area contributed by atoms with Crippen molar-refractivity contribution in [3.05, 3.63) is 58.9 Å². The largest absolute Gasteiger partial charge is 0.496 e. The number of nitrogens with one attached hydrogen (secondary N) is 1. The van der Waals surface area contributed by atoms with Crippen molar-refractivity contribution < 1.29 is 4.74 Å². The molecule has 0 saturated carbocycles. The maximum atomic E-state index is 5.43. The molecule has 0 saturated heterocycles. The summed E-state index contributed by atoms with van der Waals surface area (Å²) in [5.41, 5.74) is 4.54. The average Bonchev–Trinajstić information content (AvgIpc) is 2.47. The van der Waals surface area contributed by atoms with Crippen LogP contribution in [0.5, 0.6) is 5.75 Å². The highest BCUT2D eigenvalue weighted by Gasteiger charge is 2.14. The minimum absolute atomic E-state index is 0.141. The first-order chi connectivity index (χ1) is 9.65. The van der Waals surface area contributed by atoms with Gasteiger partial charge in [0.1, 0.15) is 5.75 Å². The van der Waals surface area contributed by atoms with Crippen molar-refractivity contribution in [2.45, 2.75) is 26.8 Å². The van der Waals surface area contributed by atoms with Gasteiger partial charge in [0.05, 0.1) is 13.2 Å². The second-order valence-corrected chi connectivity index (χ2v) is 4.95. The molecule has 1 aromatic carbocycles. The van der Waals surface area contributed by atoms with Gasteiger partial charge in [-0.05, 0) is 49.2 Å². The number of pyridine rings is 1. The van der Waals surface area contributed by atoms with Gasteiger partial charge in [0.15, 0.2) is 0 Å². The van der Waals surface area contributed by atoms with Crippen molar-refractivity contribution >= 4 is 0 Å². The fraction of sp³-hybridized carbons (Fsp3) is 0.353. The summed E-state index contributed by atoms with van der Waals surface area (Å²) in [6.07, 6.45) is 1.94. The van der Waals surface area contributed by atoms with E-state index in [9.17, 15) is 0 Å². The zero-order chi connectivity index (χ0) is 14.5. The molecule has 1 atom stereocenters. The molecule has 3 heteroatoms. The number of ether oxygens (including phenoxy) is 1. The van der Waals surface area contributed by atoms with E-state index in [1.165, 1.54) is 11.1 Å². The van der Waals surface area contributed by atoms with Crippen LogP contribution in [0, 0.1) is 13.8 Å². The highest BCUT2D eigenvalue weighted by Crippen LogP contribution is 2.27. The van der Waals surface area contributed by atoms with E-state index in [4.69, 9.17) is 4.74 Å². The fourth-order valence-corrected chi connectivity index (χ4v) is 2.30. The Balaban J connectivity index is 2.39. The summed E-state index contributed by atoms with van der Waals surface area (Å²) < 4.78 is 5.43. The summed E-state index contributed by atoms with van der Waals surface area (Å²) >= 11 is 0. The Morgan fingerprint density at radius 3 is 2.50 bits per heavy atom. The predicted octanol–water partition coefficient (Wildman–Crippen LogP) is 3.41. The third-order valence-corrected chi connectivity index (χ3v) is 3.44. The molecular formula is C17H22N2O. The monoisotopic (exact) mass is 270 g/mol. The molecule has 1 N–H and O–H groups in total. The van der Waals surface area contributed by atoms with Crippen LogP contribution in [0.25, 0.3) is 0 Å². The molecule has 0 amide bonds. The molecule has 20 heavy (non-hydrogen) atoms. The van der Waals surface area contributed by atoms with Gasteiger partial charge in [-0.1, -0.05) is 25.1 Å². The van der Waals surface area contributed by atoms with Crippen molar-refractivity contribution in [3.8, 4) is 5.75 Å². The fourth-order valence-electron chi connectivity index (χ4n) is 2.30. The normalized spacial score (nSPS) is 12.2. The number of nitrogens with zero attached hydrogens (tertiary/aromatic N) is 1. The second kappa shape index (κ2) is 6.53. The van der Waals surface area contributed by atoms with Gasteiger partial charge in [-0.2, -0.15) is 0 Å². The Hall–Kier alpha value is -1.87. The van der Waals surface area contributed by atoms with E-state index in [0.717, 1.165) is 23.6 Å². The Kier molecular flexibility index (Phi) is 4.74. The molecule has 0 radical (unpaired) electrons. The van der Waals surface area contributed by atoms with Crippen LogP contribution < -0.4 is 10.1 Å². The van der Waals surface area contributed by atoms with Crippen LogP contribution in [0.4, 0.5) is 0 Å². The van der Waals surface area contributed by atoms with Gasteiger partial charge in [0, 0.05) is 11.9 Å². The van der Waals surface area contributed by atoms with Crippen LogP contribution in [0.2, 0.25) is 0 Å². The van der Waals surface area contributed by atoms with E-state index < -0.39 is 0 Å². The lowest BCUT2D eigenvalue weighted by atomic mass is 9.98. The SMILES string of the molecule is CCNC(c1ccc(C)nc1)c1ccc(C)c(OC)c1. The van der Waals surface area contributed by atoms with Crippen LogP contribution in [0.1, 0.15) is 35.3 Å². The molecule has 0 fully saturated rings. The van der Waals surface area contributed by atoms with Crippen LogP contribution in [-0.4, -0.2) is 18.6 Å². The average molecular weight is 270 g/mol. The quantitative estimate of drug-likeness (QED) is 0.904. The van der Waals surface area contributed by atoms with Gasteiger partial charge >= 0.3 is 0 Å². The van der Waals surface area contributed by atoms with Crippen molar-refractivity contribution in [1.29, 1.82) is 0 Å². The lowest BCUT2D eigenvalue weighted by Crippen LogP contribution is -2.22. The molecule has 1 heterocycles. The topological polar surface area (TPSA) is 34.2 Å². The van der Waals surface area contributed by atoms with Crippen molar-refractivity contribution in [1.82, 2.24) is 10.3 Å². The Morgan fingerprint density at radius 2 is 1.90 bits per heavy atom. The number of rotatable bonds is 5. The molecule has 0 bridgehead atoms. The third kappa shape index (κ3) is 3.17. The smallest absolute Gasteiger partial charge is 0.122 e. The summed E-state index contributed by atoms with van der Waals surface area (Å²) in [4.78, 5) is 4.40. The minimum Gasteiger partial charge on any atom is -0.496 e. The first-order valence-corrected chi connectivity index (χ1v) is 6.96. The van der Waals surface area contributed by atoms with Crippen LogP contribution >= 0.6 is 0 Å². The molecule has 1 unspecified atom stereocenters. The molecule has 1 aromatic heterocycles. The van der Waals surface area contributed by atoms with Crippen LogP contribution in [0.3, 0.4) is 0 Å². The number of hydrogen-bond donors (Lipinski definition) is 1. The summed E-state index contributed by atoms with van der Waals surface area (Å²) in [6.45, 7) is 7.06. The lowest BCUT2D eigenvalue weighted by Gasteiger charge is -2.20. The molecule has 2 rings (SSSR count). The highest BCUT2D eigenvalue weighted by atomic mass is 16.5. The van der Waals surface area contributed by atoms with E-state index in [1.807, 2.05) is 19.2 Å². The maximum Gasteiger partial charge on any atom is 0.122 e. The first kappa shape index (κ1) is 14.5. The predicted molar refractivity (Wildman–Crippen MR) is 82.2 cm³/mol. The molecule has 3 nitrogen and oxygen atoms in total. The Bertz CT molecular complexity index is 564. The van der Waals surface area contributed by atoms with Crippen LogP contribution in [-0.2, 0) is 0 Å². The van der Waals surface area contributed by atoms with E-state index in [0.29, 0.717) is 0 Å². The molecule has 2 aromatic rings. The van der Waals surface area contributed by atoms with E-state index >= 15 is 0 Å². The summed E-state index contributed by atoms with van der Waals surface area (Å²) in [6, 6.07) is 10.7. The number of hydrogen-bond acceptors (Lipinski definition) is 3. The lowest BCUT2D eigenvalue weighted by molar-refractivity contribution is 0.410. The second-order valence-electron chi connectivity index (χ2n) is 4.95. The molecule has 0 aliphatic rings. The Morgan fingerprint density at radius 1 is 1.15 bits per heavy atom. The molecular weight excluding hydrogens is 248 g/mol. The zero-order valence-electron chi connectivity index (χ0n) is 12.6. The highest BCUT2D eigenvalue weighted by molar-refractivity contribution is 5.41. The van der Waals surface area contributed by atoms with Gasteiger partial charge in [-0.15, -0.1) is 0 Å². The van der Waals surface area contributed by atoms with Crippen molar-refractivity contribution in [3.63, 3.8) is 0 Å². The van der Waals surface area contributed by atoms with Gasteiger partial charge in [-0.25, -0.2) is 0 Å². The van der Waals surface area contributed by atoms with Crippen molar-refractivity contribution in [2.75, 3.05) is 13.7 Å². The van der Waals surface area contributed by atoms with Gasteiger partial charge in [0.25, 0.3) is 0 Å². The molecule has 0 aliphatic carbocycles. The standard InChI is InChI=1S/C17H22N2O/c1-5-18-17(15-9-7-13(3)19-11-15)14-8-6-12(2)16(10-14)20-4/h6-11,17-18H,5H2,1-4H3. The number of methoxy groups -OCH3 is 1. The Labute approximate surface area is 121 Å². The van der Waals surface area contributed by atoms with Crippen LogP contribution in [0.15, 0.2) is 36.5 Å². The van der Waals surface area contributed by atoms with E-state index in [-0.39, 0.29) is 6.04 Å².